The van der Waals surface area contributed by atoms with Crippen molar-refractivity contribution in [3.8, 4) is 0 Å². The average Bonchev–Trinajstić information content (AvgIpc) is 3.06. The smallest absolute Gasteiger partial charge is 0.243 e. The lowest BCUT2D eigenvalue weighted by Gasteiger charge is -2.58. The molecule has 4 heteroatoms. The van der Waals surface area contributed by atoms with E-state index in [1.165, 1.54) is 6.42 Å². The Bertz CT molecular complexity index is 834. The molecule has 0 unspecified atom stereocenters. The van der Waals surface area contributed by atoms with E-state index in [2.05, 4.69) is 30.2 Å². The second-order valence-electron chi connectivity index (χ2n) is 9.99. The summed E-state index contributed by atoms with van der Waals surface area (Å²) < 4.78 is 0. The van der Waals surface area contributed by atoms with Gasteiger partial charge in [-0.1, -0.05) is 19.9 Å². The Labute approximate surface area is 167 Å². The topological polar surface area (TPSA) is 59.1 Å². The fraction of sp³-hybridized carbons (Fsp3) is 0.625. The number of nitrogens with one attached hydrogen (secondary N) is 1. The van der Waals surface area contributed by atoms with Gasteiger partial charge in [0.05, 0.1) is 0 Å². The summed E-state index contributed by atoms with van der Waals surface area (Å²) in [6, 6.07) is 4.00. The zero-order chi connectivity index (χ0) is 19.5. The molecule has 4 nitrogen and oxygen atoms in total. The SMILES string of the molecule is C[C@]12C=CC(=O)N[C@@H]1CC[C@@H]1[C@@H]2CC[C@]2(C)[C@@H](C(=O)c3ccncc3)CC[C@@H]12. The molecule has 4 aliphatic rings. The first-order valence-electron chi connectivity index (χ1n) is 10.9. The van der Waals surface area contributed by atoms with E-state index in [0.717, 1.165) is 37.7 Å². The summed E-state index contributed by atoms with van der Waals surface area (Å²) in [6.45, 7) is 4.74. The summed E-state index contributed by atoms with van der Waals surface area (Å²) in [5.74, 6) is 2.39. The van der Waals surface area contributed by atoms with Crippen LogP contribution in [0.1, 0.15) is 62.7 Å². The van der Waals surface area contributed by atoms with Gasteiger partial charge in [0.1, 0.15) is 0 Å². The number of rotatable bonds is 2. The molecule has 1 aromatic heterocycles. The summed E-state index contributed by atoms with van der Waals surface area (Å²) in [6.07, 6.45) is 14.1. The van der Waals surface area contributed by atoms with Gasteiger partial charge >= 0.3 is 0 Å². The van der Waals surface area contributed by atoms with Crippen LogP contribution in [-0.2, 0) is 4.79 Å². The van der Waals surface area contributed by atoms with Gasteiger partial charge in [0.15, 0.2) is 5.78 Å². The van der Waals surface area contributed by atoms with Crippen LogP contribution in [0.4, 0.5) is 0 Å². The molecule has 1 aliphatic heterocycles. The zero-order valence-electron chi connectivity index (χ0n) is 16.9. The third-order valence-corrected chi connectivity index (χ3v) is 8.97. The van der Waals surface area contributed by atoms with Crippen molar-refractivity contribution in [3.63, 3.8) is 0 Å². The monoisotopic (exact) mass is 378 g/mol. The highest BCUT2D eigenvalue weighted by molar-refractivity contribution is 5.98. The molecular weight excluding hydrogens is 348 g/mol. The third kappa shape index (κ3) is 2.46. The highest BCUT2D eigenvalue weighted by atomic mass is 16.1. The Morgan fingerprint density at radius 2 is 1.86 bits per heavy atom. The quantitative estimate of drug-likeness (QED) is 0.786. The lowest BCUT2D eigenvalue weighted by molar-refractivity contribution is -0.122. The van der Waals surface area contributed by atoms with E-state index in [4.69, 9.17) is 0 Å². The first-order chi connectivity index (χ1) is 13.4. The maximum absolute atomic E-state index is 13.3. The molecule has 3 saturated carbocycles. The normalized spacial score (nSPS) is 44.2. The molecule has 0 bridgehead atoms. The molecule has 148 valence electrons. The van der Waals surface area contributed by atoms with Gasteiger partial charge in [-0.15, -0.1) is 0 Å². The number of carbonyl (C=O) groups is 2. The maximum atomic E-state index is 13.3. The summed E-state index contributed by atoms with van der Waals surface area (Å²) in [7, 11) is 0. The summed E-state index contributed by atoms with van der Waals surface area (Å²) in [5, 5.41) is 3.22. The van der Waals surface area contributed by atoms with Gasteiger partial charge in [-0.3, -0.25) is 14.6 Å². The molecule has 2 heterocycles. The van der Waals surface area contributed by atoms with Crippen LogP contribution in [0.25, 0.3) is 0 Å². The van der Waals surface area contributed by atoms with Crippen LogP contribution in [-0.4, -0.2) is 22.7 Å². The molecule has 5 rings (SSSR count). The van der Waals surface area contributed by atoms with Crippen LogP contribution >= 0.6 is 0 Å². The number of nitrogens with zero attached hydrogens (tertiary/aromatic N) is 1. The Hall–Kier alpha value is -1.97. The summed E-state index contributed by atoms with van der Waals surface area (Å²) >= 11 is 0. The van der Waals surface area contributed by atoms with Crippen LogP contribution in [0, 0.1) is 34.5 Å². The van der Waals surface area contributed by atoms with E-state index in [0.29, 0.717) is 23.5 Å². The largest absolute Gasteiger partial charge is 0.349 e. The van der Waals surface area contributed by atoms with Crippen molar-refractivity contribution >= 4 is 11.7 Å². The van der Waals surface area contributed by atoms with Crippen LogP contribution < -0.4 is 5.32 Å². The minimum atomic E-state index is 0.0606. The summed E-state index contributed by atoms with van der Waals surface area (Å²) in [4.78, 5) is 29.2. The number of pyridine rings is 1. The highest BCUT2D eigenvalue weighted by Gasteiger charge is 2.60. The second kappa shape index (κ2) is 6.27. The maximum Gasteiger partial charge on any atom is 0.243 e. The van der Waals surface area contributed by atoms with Crippen molar-refractivity contribution in [3.05, 3.63) is 42.2 Å². The number of ketones is 1. The second-order valence-corrected chi connectivity index (χ2v) is 9.99. The van der Waals surface area contributed by atoms with Crippen molar-refractivity contribution in [2.45, 2.75) is 58.4 Å². The van der Waals surface area contributed by atoms with Crippen LogP contribution in [0.5, 0.6) is 0 Å². The fourth-order valence-electron chi connectivity index (χ4n) is 7.48. The fourth-order valence-corrected chi connectivity index (χ4v) is 7.48. The van der Waals surface area contributed by atoms with Gasteiger partial charge in [-0.05, 0) is 79.9 Å². The number of hydrogen-bond donors (Lipinski definition) is 1. The van der Waals surface area contributed by atoms with Crippen LogP contribution in [0.15, 0.2) is 36.7 Å². The first kappa shape index (κ1) is 18.1. The molecule has 3 fully saturated rings. The van der Waals surface area contributed by atoms with Crippen LogP contribution in [0.2, 0.25) is 0 Å². The molecule has 7 atom stereocenters. The Balaban J connectivity index is 1.44. The van der Waals surface area contributed by atoms with Crippen molar-refractivity contribution in [2.24, 2.45) is 34.5 Å². The van der Waals surface area contributed by atoms with Gasteiger partial charge in [0.25, 0.3) is 0 Å². The molecule has 3 aliphatic carbocycles. The van der Waals surface area contributed by atoms with Gasteiger partial charge in [0.2, 0.25) is 5.91 Å². The molecule has 0 saturated heterocycles. The van der Waals surface area contributed by atoms with Crippen molar-refractivity contribution in [2.75, 3.05) is 0 Å². The molecule has 0 aromatic carbocycles. The van der Waals surface area contributed by atoms with Gasteiger partial charge < -0.3 is 5.32 Å². The van der Waals surface area contributed by atoms with Gasteiger partial charge in [-0.25, -0.2) is 0 Å². The molecule has 1 amide bonds. The molecule has 0 radical (unpaired) electrons. The first-order valence-corrected chi connectivity index (χ1v) is 10.9. The average molecular weight is 379 g/mol. The molecule has 28 heavy (non-hydrogen) atoms. The molecule has 0 spiro atoms. The van der Waals surface area contributed by atoms with E-state index in [1.54, 1.807) is 18.5 Å². The van der Waals surface area contributed by atoms with Gasteiger partial charge in [-0.2, -0.15) is 0 Å². The van der Waals surface area contributed by atoms with Gasteiger partial charge in [0, 0.05) is 35.3 Å². The van der Waals surface area contributed by atoms with Crippen LogP contribution in [0.3, 0.4) is 0 Å². The predicted molar refractivity (Wildman–Crippen MR) is 108 cm³/mol. The highest BCUT2D eigenvalue weighted by Crippen LogP contribution is 2.65. The van der Waals surface area contributed by atoms with E-state index in [-0.39, 0.29) is 28.7 Å². The standard InChI is InChI=1S/C24H30N2O2/c1-23-11-7-18-16(3-6-20-24(18,2)12-8-21(27)26-20)17(23)4-5-19(23)22(28)15-9-13-25-14-10-15/h8-10,12-14,16-20H,3-7,11H2,1-2H3,(H,26,27)/t16-,17-,18-,19+,20+,23-,24+/m0/s1. The van der Waals surface area contributed by atoms with E-state index < -0.39 is 0 Å². The number of aromatic nitrogens is 1. The lowest BCUT2D eigenvalue weighted by Crippen LogP contribution is -2.59. The number of carbonyl (C=O) groups excluding carboxylic acids is 2. The van der Waals surface area contributed by atoms with E-state index >= 15 is 0 Å². The van der Waals surface area contributed by atoms with E-state index in [9.17, 15) is 9.59 Å². The van der Waals surface area contributed by atoms with Crippen molar-refractivity contribution in [1.29, 1.82) is 0 Å². The minimum absolute atomic E-state index is 0.0606. The molecule has 1 N–H and O–H groups in total. The number of Topliss-reactive ketones (excluding diaryl/α,β-unsaturated/α-hetero) is 1. The number of amides is 1. The predicted octanol–water partition coefficient (Wildman–Crippen LogP) is 4.18. The Morgan fingerprint density at radius 1 is 1.07 bits per heavy atom. The number of fused-ring (bicyclic) bond motifs is 5. The van der Waals surface area contributed by atoms with Crippen molar-refractivity contribution in [1.82, 2.24) is 10.3 Å². The van der Waals surface area contributed by atoms with Crippen molar-refractivity contribution < 1.29 is 9.59 Å². The number of hydrogen-bond acceptors (Lipinski definition) is 3. The molecular formula is C24H30N2O2. The Morgan fingerprint density at radius 3 is 2.64 bits per heavy atom. The lowest BCUT2D eigenvalue weighted by atomic mass is 9.47. The third-order valence-electron chi connectivity index (χ3n) is 8.97. The minimum Gasteiger partial charge on any atom is -0.349 e. The van der Waals surface area contributed by atoms with E-state index in [1.807, 2.05) is 12.1 Å². The molecule has 1 aromatic rings. The zero-order valence-corrected chi connectivity index (χ0v) is 16.9. The Kier molecular flexibility index (Phi) is 4.05. The summed E-state index contributed by atoms with van der Waals surface area (Å²) in [5.41, 5.74) is 0.982.